The van der Waals surface area contributed by atoms with Gasteiger partial charge in [0, 0.05) is 6.07 Å². The molecule has 11 heavy (non-hydrogen) atoms. The van der Waals surface area contributed by atoms with E-state index in [1.165, 1.54) is 0 Å². The van der Waals surface area contributed by atoms with Gasteiger partial charge in [-0.2, -0.15) is 0 Å². The number of aryl methyl sites for hydroxylation is 1. The van der Waals surface area contributed by atoms with Crippen LogP contribution in [0.5, 0.6) is 5.88 Å². The molecule has 1 rings (SSSR count). The third-order valence-corrected chi connectivity index (χ3v) is 2.37. The van der Waals surface area contributed by atoms with E-state index in [2.05, 4.69) is 20.9 Å². The number of halogens is 1. The lowest BCUT2D eigenvalue weighted by molar-refractivity contribution is 0.397. The summed E-state index contributed by atoms with van der Waals surface area (Å²) >= 11 is 3.30. The average Bonchev–Trinajstić information content (AvgIpc) is 1.99. The van der Waals surface area contributed by atoms with E-state index < -0.39 is 0 Å². The van der Waals surface area contributed by atoms with Crippen molar-refractivity contribution in [3.05, 3.63) is 16.2 Å². The fourth-order valence-corrected chi connectivity index (χ4v) is 0.960. The van der Waals surface area contributed by atoms with Crippen LogP contribution in [0.4, 0.5) is 5.69 Å². The van der Waals surface area contributed by atoms with Crippen molar-refractivity contribution in [3.63, 3.8) is 0 Å². The molecule has 0 saturated carbocycles. The maximum absolute atomic E-state index is 5.63. The second-order valence-electron chi connectivity index (χ2n) is 2.15. The fraction of sp³-hybridized carbons (Fsp3) is 0.286. The lowest BCUT2D eigenvalue weighted by Crippen LogP contribution is -1.95. The highest BCUT2D eigenvalue weighted by Crippen LogP contribution is 2.25. The van der Waals surface area contributed by atoms with Crippen LogP contribution >= 0.6 is 15.9 Å². The quantitative estimate of drug-likeness (QED) is 0.779. The summed E-state index contributed by atoms with van der Waals surface area (Å²) in [6.45, 7) is 1.86. The third kappa shape index (κ3) is 1.63. The smallest absolute Gasteiger partial charge is 0.215 e. The topological polar surface area (TPSA) is 48.1 Å². The summed E-state index contributed by atoms with van der Waals surface area (Å²) in [4.78, 5) is 4.10. The van der Waals surface area contributed by atoms with Crippen molar-refractivity contribution in [2.75, 3.05) is 12.8 Å². The van der Waals surface area contributed by atoms with Gasteiger partial charge in [-0.3, -0.25) is 0 Å². The molecule has 0 fully saturated rings. The van der Waals surface area contributed by atoms with Crippen LogP contribution in [0.25, 0.3) is 0 Å². The summed E-state index contributed by atoms with van der Waals surface area (Å²) in [5.74, 6) is 0.545. The van der Waals surface area contributed by atoms with Gasteiger partial charge in [0.05, 0.1) is 23.0 Å². The Morgan fingerprint density at radius 3 is 2.73 bits per heavy atom. The Hall–Kier alpha value is -0.770. The molecule has 60 valence electrons. The van der Waals surface area contributed by atoms with Crippen LogP contribution in [0, 0.1) is 6.92 Å². The number of ether oxygens (including phenoxy) is 1. The molecule has 3 nitrogen and oxygen atoms in total. The molecule has 0 radical (unpaired) electrons. The SMILES string of the molecule is COc1cc(N)c(Br)c(C)n1. The number of nitrogen functional groups attached to an aromatic ring is 1. The third-order valence-electron chi connectivity index (χ3n) is 1.34. The molecule has 0 amide bonds. The Kier molecular flexibility index (Phi) is 2.34. The Bertz CT molecular complexity index is 252. The standard InChI is InChI=1S/C7H9BrN2O/c1-4-7(8)5(9)3-6(10-4)11-2/h3H,1-2H3,(H2,9,10). The van der Waals surface area contributed by atoms with Crippen LogP contribution in [0.3, 0.4) is 0 Å². The van der Waals surface area contributed by atoms with Crippen molar-refractivity contribution in [3.8, 4) is 5.88 Å². The molecular formula is C7H9BrN2O. The molecule has 4 heteroatoms. The van der Waals surface area contributed by atoms with Crippen LogP contribution in [-0.4, -0.2) is 12.1 Å². The number of nitrogens with two attached hydrogens (primary N) is 1. The second kappa shape index (κ2) is 3.09. The molecule has 1 heterocycles. The van der Waals surface area contributed by atoms with E-state index in [1.54, 1.807) is 13.2 Å². The summed E-state index contributed by atoms with van der Waals surface area (Å²) in [7, 11) is 1.56. The number of anilines is 1. The number of hydrogen-bond acceptors (Lipinski definition) is 3. The molecule has 0 aliphatic rings. The Morgan fingerprint density at radius 1 is 1.64 bits per heavy atom. The molecule has 0 saturated heterocycles. The van der Waals surface area contributed by atoms with Gasteiger partial charge in [-0.25, -0.2) is 4.98 Å². The molecule has 2 N–H and O–H groups in total. The number of methoxy groups -OCH3 is 1. The van der Waals surface area contributed by atoms with Crippen LogP contribution in [0.2, 0.25) is 0 Å². The Labute approximate surface area is 73.7 Å². The Morgan fingerprint density at radius 2 is 2.27 bits per heavy atom. The van der Waals surface area contributed by atoms with Crippen molar-refractivity contribution in [1.82, 2.24) is 4.98 Å². The maximum atomic E-state index is 5.63. The number of rotatable bonds is 1. The zero-order valence-electron chi connectivity index (χ0n) is 6.39. The molecule has 0 aromatic carbocycles. The first-order valence-corrected chi connectivity index (χ1v) is 3.91. The first-order chi connectivity index (χ1) is 5.15. The molecule has 0 bridgehead atoms. The monoisotopic (exact) mass is 216 g/mol. The molecule has 0 spiro atoms. The molecule has 0 atom stereocenters. The summed E-state index contributed by atoms with van der Waals surface area (Å²) in [5.41, 5.74) is 7.11. The van der Waals surface area contributed by atoms with E-state index >= 15 is 0 Å². The van der Waals surface area contributed by atoms with Crippen molar-refractivity contribution < 1.29 is 4.74 Å². The van der Waals surface area contributed by atoms with Crippen LogP contribution in [-0.2, 0) is 0 Å². The largest absolute Gasteiger partial charge is 0.481 e. The molecule has 0 aliphatic heterocycles. The van der Waals surface area contributed by atoms with Gasteiger partial charge in [0.1, 0.15) is 0 Å². The molecular weight excluding hydrogens is 208 g/mol. The number of hydrogen-bond donors (Lipinski definition) is 1. The predicted molar refractivity (Wildman–Crippen MR) is 47.6 cm³/mol. The second-order valence-corrected chi connectivity index (χ2v) is 2.95. The minimum absolute atomic E-state index is 0.545. The molecule has 1 aromatic heterocycles. The minimum atomic E-state index is 0.545. The lowest BCUT2D eigenvalue weighted by Gasteiger charge is -2.04. The van der Waals surface area contributed by atoms with E-state index in [1.807, 2.05) is 6.92 Å². The molecule has 1 aromatic rings. The molecule has 0 aliphatic carbocycles. The van der Waals surface area contributed by atoms with E-state index in [4.69, 9.17) is 10.5 Å². The summed E-state index contributed by atoms with van der Waals surface area (Å²) in [6.07, 6.45) is 0. The van der Waals surface area contributed by atoms with Crippen molar-refractivity contribution in [2.24, 2.45) is 0 Å². The van der Waals surface area contributed by atoms with E-state index in [0.717, 1.165) is 10.2 Å². The van der Waals surface area contributed by atoms with Gasteiger partial charge in [0.25, 0.3) is 0 Å². The first-order valence-electron chi connectivity index (χ1n) is 3.11. The predicted octanol–water partition coefficient (Wildman–Crippen LogP) is 1.74. The molecule has 0 unspecified atom stereocenters. The summed E-state index contributed by atoms with van der Waals surface area (Å²) in [5, 5.41) is 0. The zero-order valence-corrected chi connectivity index (χ0v) is 7.97. The average molecular weight is 217 g/mol. The maximum Gasteiger partial charge on any atom is 0.215 e. The highest BCUT2D eigenvalue weighted by molar-refractivity contribution is 9.10. The van der Waals surface area contributed by atoms with Crippen molar-refractivity contribution in [1.29, 1.82) is 0 Å². The number of nitrogens with zero attached hydrogens (tertiary/aromatic N) is 1. The zero-order chi connectivity index (χ0) is 8.43. The van der Waals surface area contributed by atoms with Gasteiger partial charge in [0.15, 0.2) is 0 Å². The highest BCUT2D eigenvalue weighted by atomic mass is 79.9. The van der Waals surface area contributed by atoms with Crippen LogP contribution in [0.1, 0.15) is 5.69 Å². The summed E-state index contributed by atoms with van der Waals surface area (Å²) < 4.78 is 5.75. The highest BCUT2D eigenvalue weighted by Gasteiger charge is 2.03. The van der Waals surface area contributed by atoms with E-state index in [-0.39, 0.29) is 0 Å². The lowest BCUT2D eigenvalue weighted by atomic mass is 10.3. The Balaban J connectivity index is 3.21. The number of pyridine rings is 1. The van der Waals surface area contributed by atoms with Crippen molar-refractivity contribution >= 4 is 21.6 Å². The van der Waals surface area contributed by atoms with Gasteiger partial charge >= 0.3 is 0 Å². The number of aromatic nitrogens is 1. The van der Waals surface area contributed by atoms with E-state index in [0.29, 0.717) is 11.6 Å². The van der Waals surface area contributed by atoms with Crippen LogP contribution in [0.15, 0.2) is 10.5 Å². The first kappa shape index (κ1) is 8.33. The van der Waals surface area contributed by atoms with Gasteiger partial charge in [-0.05, 0) is 22.9 Å². The minimum Gasteiger partial charge on any atom is -0.481 e. The van der Waals surface area contributed by atoms with E-state index in [9.17, 15) is 0 Å². The van der Waals surface area contributed by atoms with Gasteiger partial charge in [-0.1, -0.05) is 0 Å². The normalized spacial score (nSPS) is 9.73. The van der Waals surface area contributed by atoms with Gasteiger partial charge in [0.2, 0.25) is 5.88 Å². The van der Waals surface area contributed by atoms with Crippen LogP contribution < -0.4 is 10.5 Å². The van der Waals surface area contributed by atoms with Crippen molar-refractivity contribution in [2.45, 2.75) is 6.92 Å². The van der Waals surface area contributed by atoms with Gasteiger partial charge in [-0.15, -0.1) is 0 Å². The summed E-state index contributed by atoms with van der Waals surface area (Å²) in [6, 6.07) is 1.68. The van der Waals surface area contributed by atoms with Gasteiger partial charge < -0.3 is 10.5 Å². The fourth-order valence-electron chi connectivity index (χ4n) is 0.756.